The summed E-state index contributed by atoms with van der Waals surface area (Å²) in [6, 6.07) is 1.88. The molecule has 0 aliphatic heterocycles. The van der Waals surface area contributed by atoms with Crippen molar-refractivity contribution in [1.29, 1.82) is 0 Å². The summed E-state index contributed by atoms with van der Waals surface area (Å²) in [5, 5.41) is 1.46. The highest BCUT2D eigenvalue weighted by Crippen LogP contribution is 2.31. The lowest BCUT2D eigenvalue weighted by atomic mass is 10.3. The van der Waals surface area contributed by atoms with Crippen molar-refractivity contribution in [3.63, 3.8) is 0 Å². The normalized spacial score (nSPS) is 14.9. The molecule has 0 bridgehead atoms. The van der Waals surface area contributed by atoms with Crippen LogP contribution in [0.2, 0.25) is 0 Å². The van der Waals surface area contributed by atoms with Crippen molar-refractivity contribution in [2.24, 2.45) is 5.92 Å². The van der Waals surface area contributed by atoms with E-state index in [0.717, 1.165) is 27.4 Å². The lowest BCUT2D eigenvalue weighted by Gasteiger charge is -2.12. The van der Waals surface area contributed by atoms with Gasteiger partial charge in [0.05, 0.1) is 5.39 Å². The fraction of sp³-hybridized carbons (Fsp3) is 0.500. The van der Waals surface area contributed by atoms with E-state index in [1.54, 1.807) is 18.0 Å². The minimum atomic E-state index is 0.0616. The largest absolute Gasteiger partial charge is 0.287 e. The highest BCUT2D eigenvalue weighted by molar-refractivity contribution is 14.1. The Balaban J connectivity index is 2.13. The van der Waals surface area contributed by atoms with Crippen LogP contribution in [0.4, 0.5) is 0 Å². The molecule has 0 aromatic carbocycles. The molecule has 0 N–H and O–H groups in total. The predicted molar refractivity (Wildman–Crippen MR) is 90.3 cm³/mol. The number of nitrogens with zero attached hydrogens (tertiary/aromatic N) is 3. The number of pyridine rings is 1. The van der Waals surface area contributed by atoms with Crippen molar-refractivity contribution in [3.05, 3.63) is 26.2 Å². The Hall–Kier alpha value is -0.630. The lowest BCUT2D eigenvalue weighted by molar-refractivity contribution is 0.548. The van der Waals surface area contributed by atoms with Gasteiger partial charge >= 0.3 is 0 Å². The zero-order valence-electron chi connectivity index (χ0n) is 11.3. The van der Waals surface area contributed by atoms with E-state index in [2.05, 4.69) is 39.5 Å². The van der Waals surface area contributed by atoms with Crippen LogP contribution in [-0.2, 0) is 6.54 Å². The molecule has 106 valence electrons. The van der Waals surface area contributed by atoms with Crippen LogP contribution in [0, 0.1) is 9.49 Å². The molecule has 1 aliphatic rings. The van der Waals surface area contributed by atoms with Crippen LogP contribution in [0.1, 0.15) is 26.2 Å². The Bertz CT molecular complexity index is 697. The standard InChI is InChI=1S/C14H16IN3OS/c1-2-5-20-14-17-12-11(6-10(15)7-16-12)13(19)18(14)8-9-3-4-9/h6-7,9H,2-5,8H2,1H3. The number of rotatable bonds is 5. The summed E-state index contributed by atoms with van der Waals surface area (Å²) >= 11 is 3.84. The third-order valence-corrected chi connectivity index (χ3v) is 5.09. The van der Waals surface area contributed by atoms with Crippen molar-refractivity contribution in [2.75, 3.05) is 5.75 Å². The van der Waals surface area contributed by atoms with Gasteiger partial charge in [-0.05, 0) is 53.8 Å². The highest BCUT2D eigenvalue weighted by Gasteiger charge is 2.24. The average molecular weight is 401 g/mol. The Labute approximate surface area is 135 Å². The lowest BCUT2D eigenvalue weighted by Crippen LogP contribution is -2.24. The van der Waals surface area contributed by atoms with Crippen molar-refractivity contribution < 1.29 is 0 Å². The minimum absolute atomic E-state index is 0.0616. The third-order valence-electron chi connectivity index (χ3n) is 3.31. The van der Waals surface area contributed by atoms with Crippen molar-refractivity contribution in [1.82, 2.24) is 14.5 Å². The topological polar surface area (TPSA) is 47.8 Å². The van der Waals surface area contributed by atoms with Gasteiger partial charge in [0.25, 0.3) is 5.56 Å². The van der Waals surface area contributed by atoms with Gasteiger partial charge in [-0.1, -0.05) is 18.7 Å². The Kier molecular flexibility index (Phi) is 4.30. The van der Waals surface area contributed by atoms with Gasteiger partial charge in [-0.15, -0.1) is 0 Å². The Morgan fingerprint density at radius 3 is 3.00 bits per heavy atom. The van der Waals surface area contributed by atoms with Crippen molar-refractivity contribution in [2.45, 2.75) is 37.9 Å². The van der Waals surface area contributed by atoms with Gasteiger partial charge < -0.3 is 0 Å². The molecule has 0 saturated heterocycles. The van der Waals surface area contributed by atoms with Gasteiger partial charge in [0.15, 0.2) is 10.8 Å². The smallest absolute Gasteiger partial charge is 0.263 e. The summed E-state index contributed by atoms with van der Waals surface area (Å²) in [6.07, 6.45) is 5.29. The number of thioether (sulfide) groups is 1. The number of hydrogen-bond acceptors (Lipinski definition) is 4. The molecular formula is C14H16IN3OS. The second-order valence-electron chi connectivity index (χ2n) is 5.13. The highest BCUT2D eigenvalue weighted by atomic mass is 127. The van der Waals surface area contributed by atoms with Gasteiger partial charge in [0.1, 0.15) is 0 Å². The van der Waals surface area contributed by atoms with E-state index in [-0.39, 0.29) is 5.56 Å². The fourth-order valence-corrected chi connectivity index (χ4v) is 3.39. The second kappa shape index (κ2) is 6.01. The van der Waals surface area contributed by atoms with E-state index in [4.69, 9.17) is 0 Å². The maximum absolute atomic E-state index is 12.7. The Morgan fingerprint density at radius 1 is 1.50 bits per heavy atom. The molecule has 2 aromatic heterocycles. The molecule has 1 aliphatic carbocycles. The number of halogens is 1. The van der Waals surface area contributed by atoms with E-state index in [1.165, 1.54) is 12.8 Å². The van der Waals surface area contributed by atoms with E-state index in [9.17, 15) is 4.79 Å². The summed E-state index contributed by atoms with van der Waals surface area (Å²) in [6.45, 7) is 2.94. The van der Waals surface area contributed by atoms with E-state index >= 15 is 0 Å². The van der Waals surface area contributed by atoms with E-state index in [1.807, 2.05) is 10.6 Å². The second-order valence-corrected chi connectivity index (χ2v) is 7.43. The molecule has 0 atom stereocenters. The maximum atomic E-state index is 12.7. The molecule has 2 aromatic rings. The Morgan fingerprint density at radius 2 is 2.30 bits per heavy atom. The van der Waals surface area contributed by atoms with Crippen LogP contribution in [0.25, 0.3) is 11.0 Å². The first-order chi connectivity index (χ1) is 9.69. The summed E-state index contributed by atoms with van der Waals surface area (Å²) in [7, 11) is 0. The van der Waals surface area contributed by atoms with Crippen LogP contribution in [0.5, 0.6) is 0 Å². The molecule has 3 rings (SSSR count). The summed E-state index contributed by atoms with van der Waals surface area (Å²) in [5.41, 5.74) is 0.632. The first kappa shape index (κ1) is 14.3. The number of fused-ring (bicyclic) bond motifs is 1. The van der Waals surface area contributed by atoms with E-state index in [0.29, 0.717) is 17.0 Å². The molecule has 6 heteroatoms. The van der Waals surface area contributed by atoms with Gasteiger partial charge in [0.2, 0.25) is 0 Å². The maximum Gasteiger partial charge on any atom is 0.263 e. The molecule has 1 fully saturated rings. The molecule has 2 heterocycles. The van der Waals surface area contributed by atoms with Crippen molar-refractivity contribution in [3.8, 4) is 0 Å². The summed E-state index contributed by atoms with van der Waals surface area (Å²) < 4.78 is 2.83. The molecule has 0 unspecified atom stereocenters. The van der Waals surface area contributed by atoms with Crippen LogP contribution in [0.3, 0.4) is 0 Å². The van der Waals surface area contributed by atoms with Gasteiger partial charge in [0, 0.05) is 22.1 Å². The van der Waals surface area contributed by atoms with Crippen LogP contribution < -0.4 is 5.56 Å². The first-order valence-electron chi connectivity index (χ1n) is 6.88. The minimum Gasteiger partial charge on any atom is -0.287 e. The summed E-state index contributed by atoms with van der Waals surface area (Å²) in [4.78, 5) is 21.6. The zero-order chi connectivity index (χ0) is 14.1. The summed E-state index contributed by atoms with van der Waals surface area (Å²) in [5.74, 6) is 1.64. The molecule has 1 saturated carbocycles. The van der Waals surface area contributed by atoms with Crippen LogP contribution in [0.15, 0.2) is 22.2 Å². The van der Waals surface area contributed by atoms with Gasteiger partial charge in [-0.2, -0.15) is 0 Å². The number of aromatic nitrogens is 3. The zero-order valence-corrected chi connectivity index (χ0v) is 14.3. The van der Waals surface area contributed by atoms with Gasteiger partial charge in [-0.25, -0.2) is 9.97 Å². The average Bonchev–Trinajstić information content (AvgIpc) is 3.25. The van der Waals surface area contributed by atoms with Crippen LogP contribution in [-0.4, -0.2) is 20.3 Å². The molecule has 4 nitrogen and oxygen atoms in total. The monoisotopic (exact) mass is 401 g/mol. The van der Waals surface area contributed by atoms with Crippen molar-refractivity contribution >= 4 is 45.4 Å². The van der Waals surface area contributed by atoms with Crippen LogP contribution >= 0.6 is 34.4 Å². The molecule has 0 radical (unpaired) electrons. The predicted octanol–water partition coefficient (Wildman–Crippen LogP) is 3.31. The quantitative estimate of drug-likeness (QED) is 0.438. The molecule has 20 heavy (non-hydrogen) atoms. The molecule has 0 amide bonds. The SMILES string of the molecule is CCCSc1nc2ncc(I)cc2c(=O)n1CC1CC1. The molecular weight excluding hydrogens is 385 g/mol. The fourth-order valence-electron chi connectivity index (χ4n) is 2.08. The first-order valence-corrected chi connectivity index (χ1v) is 8.94. The number of hydrogen-bond donors (Lipinski definition) is 0. The third kappa shape index (κ3) is 3.00. The molecule has 0 spiro atoms. The van der Waals surface area contributed by atoms with E-state index < -0.39 is 0 Å². The van der Waals surface area contributed by atoms with Gasteiger partial charge in [-0.3, -0.25) is 9.36 Å².